The first-order valence-corrected chi connectivity index (χ1v) is 4.89. The topological polar surface area (TPSA) is 12.9 Å². The Hall–Kier alpha value is -1.10. The van der Waals surface area contributed by atoms with Gasteiger partial charge in [0.05, 0.1) is 11.1 Å². The molecule has 2 rings (SSSR count). The van der Waals surface area contributed by atoms with Crippen LogP contribution < -0.4 is 0 Å². The van der Waals surface area contributed by atoms with Crippen molar-refractivity contribution in [2.24, 2.45) is 0 Å². The maximum Gasteiger partial charge on any atom is 0.418 e. The van der Waals surface area contributed by atoms with Crippen LogP contribution in [-0.2, 0) is 6.18 Å². The quantitative estimate of drug-likeness (QED) is 0.708. The molecule has 5 heteroatoms. The third kappa shape index (κ3) is 1.97. The maximum atomic E-state index is 12.6. The van der Waals surface area contributed by atoms with E-state index in [0.29, 0.717) is 9.86 Å². The van der Waals surface area contributed by atoms with Gasteiger partial charge in [-0.2, -0.15) is 13.2 Å². The normalized spacial score (nSPS) is 12.0. The lowest BCUT2D eigenvalue weighted by Crippen LogP contribution is -2.06. The van der Waals surface area contributed by atoms with Crippen molar-refractivity contribution in [1.29, 1.82) is 0 Å². The molecule has 1 nitrogen and oxygen atoms in total. The van der Waals surface area contributed by atoms with Gasteiger partial charge in [-0.3, -0.25) is 4.98 Å². The Balaban J connectivity index is 2.77. The van der Waals surface area contributed by atoms with Gasteiger partial charge in [-0.15, -0.1) is 0 Å². The van der Waals surface area contributed by atoms with Gasteiger partial charge in [0.1, 0.15) is 0 Å². The molecule has 1 aromatic heterocycles. The smallest absolute Gasteiger partial charge is 0.254 e. The van der Waals surface area contributed by atoms with E-state index in [1.807, 2.05) is 0 Å². The average Bonchev–Trinajstić information content (AvgIpc) is 2.15. The second-order valence-electron chi connectivity index (χ2n) is 3.03. The number of benzene rings is 1. The molecule has 0 saturated carbocycles. The van der Waals surface area contributed by atoms with Gasteiger partial charge in [0.2, 0.25) is 0 Å². The first kappa shape index (κ1) is 10.4. The number of halogens is 4. The summed E-state index contributed by atoms with van der Waals surface area (Å²) < 4.78 is 38.4. The van der Waals surface area contributed by atoms with Crippen molar-refractivity contribution in [1.82, 2.24) is 4.98 Å². The Labute approximate surface area is 92.1 Å². The van der Waals surface area contributed by atoms with Crippen molar-refractivity contribution in [3.8, 4) is 0 Å². The van der Waals surface area contributed by atoms with Gasteiger partial charge in [0.15, 0.2) is 0 Å². The van der Waals surface area contributed by atoms with Crippen LogP contribution in [0, 0.1) is 0 Å². The van der Waals surface area contributed by atoms with Crippen molar-refractivity contribution < 1.29 is 13.2 Å². The van der Waals surface area contributed by atoms with Gasteiger partial charge in [0, 0.05) is 16.1 Å². The fraction of sp³-hybridized carbons (Fsp3) is 0.100. The van der Waals surface area contributed by atoms with Crippen LogP contribution in [0.2, 0.25) is 0 Å². The van der Waals surface area contributed by atoms with Crippen LogP contribution in [0.5, 0.6) is 0 Å². The number of para-hydroxylation sites is 1. The van der Waals surface area contributed by atoms with E-state index >= 15 is 0 Å². The van der Waals surface area contributed by atoms with E-state index in [4.69, 9.17) is 0 Å². The summed E-state index contributed by atoms with van der Waals surface area (Å²) in [6, 6.07) is 5.61. The monoisotopic (exact) mass is 275 g/mol. The van der Waals surface area contributed by atoms with E-state index in [0.717, 1.165) is 6.07 Å². The molecule has 2 aromatic rings. The number of nitrogens with zero attached hydrogens (tertiary/aromatic N) is 1. The standard InChI is InChI=1S/C10H5BrF3N/c11-7-4-6-2-1-3-8(10(12,13)14)9(6)15-5-7/h1-5H. The number of pyridine rings is 1. The summed E-state index contributed by atoms with van der Waals surface area (Å²) in [7, 11) is 0. The molecular formula is C10H5BrF3N. The summed E-state index contributed by atoms with van der Waals surface area (Å²) in [5.41, 5.74) is -0.722. The van der Waals surface area contributed by atoms with Crippen molar-refractivity contribution in [3.63, 3.8) is 0 Å². The van der Waals surface area contributed by atoms with Crippen LogP contribution in [0.3, 0.4) is 0 Å². The summed E-state index contributed by atoms with van der Waals surface area (Å²) in [6.07, 6.45) is -3.00. The molecule has 0 unspecified atom stereocenters. The van der Waals surface area contributed by atoms with Gasteiger partial charge in [-0.1, -0.05) is 12.1 Å². The minimum Gasteiger partial charge on any atom is -0.254 e. The highest BCUT2D eigenvalue weighted by Crippen LogP contribution is 2.34. The SMILES string of the molecule is FC(F)(F)c1cccc2cc(Br)cnc12. The highest BCUT2D eigenvalue weighted by atomic mass is 79.9. The van der Waals surface area contributed by atoms with Crippen LogP contribution in [0.25, 0.3) is 10.9 Å². The Morgan fingerprint density at radius 2 is 1.93 bits per heavy atom. The zero-order chi connectivity index (χ0) is 11.1. The number of hydrogen-bond acceptors (Lipinski definition) is 1. The van der Waals surface area contributed by atoms with Gasteiger partial charge in [-0.05, 0) is 28.1 Å². The first-order chi connectivity index (χ1) is 6.98. The molecule has 0 aliphatic carbocycles. The van der Waals surface area contributed by atoms with E-state index < -0.39 is 11.7 Å². The van der Waals surface area contributed by atoms with E-state index in [1.165, 1.54) is 12.3 Å². The molecule has 0 fully saturated rings. The van der Waals surface area contributed by atoms with Gasteiger partial charge in [0.25, 0.3) is 0 Å². The molecule has 0 aliphatic rings. The number of aromatic nitrogens is 1. The first-order valence-electron chi connectivity index (χ1n) is 4.10. The second-order valence-corrected chi connectivity index (χ2v) is 3.94. The molecule has 78 valence electrons. The molecule has 0 atom stereocenters. The minimum atomic E-state index is -4.36. The molecule has 1 aromatic carbocycles. The van der Waals surface area contributed by atoms with Crippen molar-refractivity contribution in [2.45, 2.75) is 6.18 Å². The van der Waals surface area contributed by atoms with Crippen LogP contribution in [-0.4, -0.2) is 4.98 Å². The van der Waals surface area contributed by atoms with E-state index in [1.54, 1.807) is 12.1 Å². The molecule has 0 radical (unpaired) electrons. The van der Waals surface area contributed by atoms with Gasteiger partial charge < -0.3 is 0 Å². The van der Waals surface area contributed by atoms with Crippen LogP contribution in [0.1, 0.15) is 5.56 Å². The van der Waals surface area contributed by atoms with E-state index in [9.17, 15) is 13.2 Å². The fourth-order valence-corrected chi connectivity index (χ4v) is 1.71. The lowest BCUT2D eigenvalue weighted by molar-refractivity contribution is -0.136. The highest BCUT2D eigenvalue weighted by molar-refractivity contribution is 9.10. The Bertz CT molecular complexity index is 507. The molecule has 0 aliphatic heterocycles. The summed E-state index contributed by atoms with van der Waals surface area (Å²) >= 11 is 3.16. The molecular weight excluding hydrogens is 271 g/mol. The summed E-state index contributed by atoms with van der Waals surface area (Å²) in [5, 5.41) is 0.471. The third-order valence-electron chi connectivity index (χ3n) is 1.98. The lowest BCUT2D eigenvalue weighted by Gasteiger charge is -2.09. The lowest BCUT2D eigenvalue weighted by atomic mass is 10.1. The predicted octanol–water partition coefficient (Wildman–Crippen LogP) is 4.02. The average molecular weight is 276 g/mol. The minimum absolute atomic E-state index is 0.0202. The highest BCUT2D eigenvalue weighted by Gasteiger charge is 2.32. The maximum absolute atomic E-state index is 12.6. The number of fused-ring (bicyclic) bond motifs is 1. The third-order valence-corrected chi connectivity index (χ3v) is 2.42. The molecule has 0 N–H and O–H groups in total. The number of alkyl halides is 3. The van der Waals surface area contributed by atoms with Crippen molar-refractivity contribution in [2.75, 3.05) is 0 Å². The Morgan fingerprint density at radius 3 is 2.60 bits per heavy atom. The van der Waals surface area contributed by atoms with Gasteiger partial charge in [-0.25, -0.2) is 0 Å². The van der Waals surface area contributed by atoms with E-state index in [-0.39, 0.29) is 5.52 Å². The zero-order valence-corrected chi connectivity index (χ0v) is 8.93. The van der Waals surface area contributed by atoms with Crippen molar-refractivity contribution in [3.05, 3.63) is 40.5 Å². The summed E-state index contributed by atoms with van der Waals surface area (Å²) in [5.74, 6) is 0. The predicted molar refractivity (Wildman–Crippen MR) is 54.4 cm³/mol. The Morgan fingerprint density at radius 1 is 1.20 bits per heavy atom. The molecule has 0 saturated heterocycles. The molecule has 1 heterocycles. The largest absolute Gasteiger partial charge is 0.418 e. The summed E-state index contributed by atoms with van der Waals surface area (Å²) in [6.45, 7) is 0. The fourth-order valence-electron chi connectivity index (χ4n) is 1.36. The van der Waals surface area contributed by atoms with Crippen LogP contribution >= 0.6 is 15.9 Å². The van der Waals surface area contributed by atoms with Crippen molar-refractivity contribution >= 4 is 26.8 Å². The Kier molecular flexibility index (Phi) is 2.42. The zero-order valence-electron chi connectivity index (χ0n) is 7.35. The molecule has 0 amide bonds. The van der Waals surface area contributed by atoms with Crippen LogP contribution in [0.15, 0.2) is 34.9 Å². The van der Waals surface area contributed by atoms with Gasteiger partial charge >= 0.3 is 6.18 Å². The number of rotatable bonds is 0. The molecule has 15 heavy (non-hydrogen) atoms. The number of hydrogen-bond donors (Lipinski definition) is 0. The molecule has 0 bridgehead atoms. The van der Waals surface area contributed by atoms with Crippen LogP contribution in [0.4, 0.5) is 13.2 Å². The van der Waals surface area contributed by atoms with E-state index in [2.05, 4.69) is 20.9 Å². The summed E-state index contributed by atoms with van der Waals surface area (Å²) in [4.78, 5) is 3.78. The molecule has 0 spiro atoms. The second kappa shape index (κ2) is 3.48.